The minimum Gasteiger partial charge on any atom is -0.480 e. The van der Waals surface area contributed by atoms with Gasteiger partial charge in [-0.25, -0.2) is 4.98 Å². The molecule has 4 fully saturated rings. The third kappa shape index (κ3) is 4.85. The number of halogens is 4. The van der Waals surface area contributed by atoms with Gasteiger partial charge in [0.15, 0.2) is 6.10 Å². The number of aromatic nitrogens is 1. The lowest BCUT2D eigenvalue weighted by Crippen LogP contribution is -2.56. The molecule has 3 atom stereocenters. The number of ether oxygens (including phenoxy) is 1. The van der Waals surface area contributed by atoms with Crippen LogP contribution in [-0.2, 0) is 4.79 Å². The van der Waals surface area contributed by atoms with Crippen LogP contribution in [0.2, 0.25) is 5.02 Å². The maximum Gasteiger partial charge on any atom is 0.401 e. The molecular weight excluding hydrogens is 529 g/mol. The molecule has 5 aliphatic rings. The van der Waals surface area contributed by atoms with Gasteiger partial charge in [-0.3, -0.25) is 14.5 Å². The number of oxazole rings is 1. The molecule has 9 nitrogen and oxygen atoms in total. The van der Waals surface area contributed by atoms with Crippen LogP contribution < -0.4 is 15.4 Å². The Hall–Kier alpha value is -2.83. The first-order valence-corrected chi connectivity index (χ1v) is 12.9. The van der Waals surface area contributed by atoms with Crippen molar-refractivity contribution in [3.8, 4) is 5.75 Å². The second-order valence-corrected chi connectivity index (χ2v) is 11.3. The molecule has 3 heterocycles. The van der Waals surface area contributed by atoms with Gasteiger partial charge in [0, 0.05) is 41.7 Å². The van der Waals surface area contributed by atoms with Crippen LogP contribution in [0.1, 0.15) is 59.7 Å². The number of rotatable bonds is 6. The van der Waals surface area contributed by atoms with Gasteiger partial charge < -0.3 is 24.9 Å². The Labute approximate surface area is 220 Å². The van der Waals surface area contributed by atoms with Crippen LogP contribution in [0.4, 0.5) is 13.2 Å². The highest BCUT2D eigenvalue weighted by Crippen LogP contribution is 2.52. The average molecular weight is 555 g/mol. The van der Waals surface area contributed by atoms with E-state index in [4.69, 9.17) is 20.8 Å². The highest BCUT2D eigenvalue weighted by Gasteiger charge is 2.58. The smallest absolute Gasteiger partial charge is 0.401 e. The van der Waals surface area contributed by atoms with Crippen LogP contribution in [0.5, 0.6) is 5.75 Å². The van der Waals surface area contributed by atoms with Gasteiger partial charge in [0.05, 0.1) is 24.8 Å². The largest absolute Gasteiger partial charge is 0.480 e. The fraction of sp³-hybridized carbons (Fsp3) is 0.560. The molecule has 1 saturated heterocycles. The number of amides is 2. The van der Waals surface area contributed by atoms with E-state index < -0.39 is 36.4 Å². The lowest BCUT2D eigenvalue weighted by molar-refractivity contribution is -0.155. The second kappa shape index (κ2) is 9.13. The highest BCUT2D eigenvalue weighted by atomic mass is 35.5. The summed E-state index contributed by atoms with van der Waals surface area (Å²) in [5, 5.41) is 17.0. The Balaban J connectivity index is 1.01. The summed E-state index contributed by atoms with van der Waals surface area (Å²) in [7, 11) is 0. The van der Waals surface area contributed by atoms with E-state index in [1.807, 2.05) is 0 Å². The van der Waals surface area contributed by atoms with Crippen molar-refractivity contribution in [2.75, 3.05) is 19.6 Å². The van der Waals surface area contributed by atoms with Gasteiger partial charge in [-0.05, 0) is 43.4 Å². The fourth-order valence-electron chi connectivity index (χ4n) is 6.15. The second-order valence-electron chi connectivity index (χ2n) is 10.8. The molecule has 1 unspecified atom stereocenters. The van der Waals surface area contributed by atoms with E-state index in [0.717, 1.165) is 0 Å². The lowest BCUT2D eigenvalue weighted by atomic mass is 9.76. The molecule has 2 aliphatic heterocycles. The van der Waals surface area contributed by atoms with E-state index in [1.165, 1.54) is 11.1 Å². The Bertz CT molecular complexity index is 1260. The quantitative estimate of drug-likeness (QED) is 0.503. The maximum atomic E-state index is 13.0. The predicted molar refractivity (Wildman–Crippen MR) is 127 cm³/mol. The van der Waals surface area contributed by atoms with Crippen LogP contribution in [0.3, 0.4) is 0 Å². The first kappa shape index (κ1) is 25.4. The lowest BCUT2D eigenvalue weighted by Gasteiger charge is -2.40. The van der Waals surface area contributed by atoms with E-state index in [1.54, 1.807) is 18.2 Å². The van der Waals surface area contributed by atoms with E-state index in [9.17, 15) is 27.9 Å². The Morgan fingerprint density at radius 1 is 1.24 bits per heavy atom. The predicted octanol–water partition coefficient (Wildman–Crippen LogP) is 2.94. The van der Waals surface area contributed by atoms with E-state index in [-0.39, 0.29) is 54.9 Å². The number of hydrogen-bond donors (Lipinski definition) is 3. The minimum atomic E-state index is -4.25. The van der Waals surface area contributed by atoms with Crippen molar-refractivity contribution >= 4 is 23.4 Å². The van der Waals surface area contributed by atoms with E-state index in [0.29, 0.717) is 35.6 Å². The summed E-state index contributed by atoms with van der Waals surface area (Å²) in [5.41, 5.74) is 0.105. The normalized spacial score (nSPS) is 30.6. The first-order valence-electron chi connectivity index (χ1n) is 12.5. The first-order chi connectivity index (χ1) is 18.0. The third-order valence-corrected chi connectivity index (χ3v) is 8.21. The summed E-state index contributed by atoms with van der Waals surface area (Å²) >= 11 is 5.99. The fourth-order valence-corrected chi connectivity index (χ4v) is 6.34. The molecule has 204 valence electrons. The topological polar surface area (TPSA) is 117 Å². The molecule has 2 amide bonds. The van der Waals surface area contributed by atoms with Gasteiger partial charge in [-0.15, -0.1) is 0 Å². The van der Waals surface area contributed by atoms with Gasteiger partial charge in [-0.1, -0.05) is 11.6 Å². The summed E-state index contributed by atoms with van der Waals surface area (Å²) in [4.78, 5) is 31.1. The van der Waals surface area contributed by atoms with Gasteiger partial charge in [0.2, 0.25) is 11.7 Å². The van der Waals surface area contributed by atoms with E-state index in [2.05, 4.69) is 15.6 Å². The summed E-state index contributed by atoms with van der Waals surface area (Å²) in [5.74, 6) is -0.133. The SMILES string of the molecule is O=C(NC1CC2(NC(=O)[C@H]3C[C@@H](O)c4cc(Cl)ccc4O3)CC1C2)c1cnc(C2CN(CC(F)(F)F)C2)o1. The van der Waals surface area contributed by atoms with Crippen molar-refractivity contribution in [3.63, 3.8) is 0 Å². The maximum absolute atomic E-state index is 13.0. The van der Waals surface area contributed by atoms with Gasteiger partial charge in [0.25, 0.3) is 11.8 Å². The number of carbonyl (C=O) groups excluding carboxylic acids is 2. The molecule has 3 saturated carbocycles. The number of fused-ring (bicyclic) bond motifs is 2. The average Bonchev–Trinajstić information content (AvgIpc) is 3.49. The Morgan fingerprint density at radius 3 is 2.74 bits per heavy atom. The molecule has 0 spiro atoms. The standard InChI is InChI=1S/C25H26ClF3N4O5/c26-14-1-2-18-15(3-14)17(34)4-19(37-18)22(36)32-24-5-12(6-24)16(7-24)31-21(35)20-8-30-23(38-20)13-9-33(10-13)11-25(27,28)29/h1-3,8,12-13,16-17,19,34H,4-7,9-11H2,(H,31,35)(H,32,36)/t12?,16?,17-,19-,24?/m1/s1. The molecule has 38 heavy (non-hydrogen) atoms. The van der Waals surface area contributed by atoms with Crippen molar-refractivity contribution in [1.29, 1.82) is 0 Å². The molecule has 3 N–H and O–H groups in total. The summed E-state index contributed by atoms with van der Waals surface area (Å²) in [6, 6.07) is 4.74. The third-order valence-electron chi connectivity index (χ3n) is 7.98. The van der Waals surface area contributed by atoms with Crippen molar-refractivity contribution in [3.05, 3.63) is 46.6 Å². The molecule has 3 aliphatic carbocycles. The number of likely N-dealkylation sites (tertiary alicyclic amines) is 1. The zero-order chi connectivity index (χ0) is 26.8. The highest BCUT2D eigenvalue weighted by molar-refractivity contribution is 6.30. The van der Waals surface area contributed by atoms with Crippen molar-refractivity contribution in [1.82, 2.24) is 20.5 Å². The van der Waals surface area contributed by atoms with Crippen molar-refractivity contribution in [2.24, 2.45) is 5.92 Å². The number of carbonyl (C=O) groups is 2. The van der Waals surface area contributed by atoms with Crippen molar-refractivity contribution in [2.45, 2.75) is 61.6 Å². The molecule has 13 heteroatoms. The molecular formula is C25H26ClF3N4O5. The van der Waals surface area contributed by atoms with Crippen LogP contribution in [0.15, 0.2) is 28.8 Å². The number of nitrogens with zero attached hydrogens (tertiary/aromatic N) is 2. The minimum absolute atomic E-state index is 0.0137. The number of nitrogens with one attached hydrogen (secondary N) is 2. The number of aliphatic hydroxyl groups is 1. The number of benzene rings is 1. The van der Waals surface area contributed by atoms with Gasteiger partial charge >= 0.3 is 6.18 Å². The summed E-state index contributed by atoms with van der Waals surface area (Å²) in [6.07, 6.45) is -2.58. The van der Waals surface area contributed by atoms with E-state index >= 15 is 0 Å². The monoisotopic (exact) mass is 554 g/mol. The van der Waals surface area contributed by atoms with Crippen molar-refractivity contribution < 1.29 is 37.0 Å². The number of aliphatic hydroxyl groups excluding tert-OH is 1. The van der Waals surface area contributed by atoms with Gasteiger partial charge in [0.1, 0.15) is 5.75 Å². The molecule has 1 aromatic carbocycles. The summed E-state index contributed by atoms with van der Waals surface area (Å²) in [6.45, 7) is -0.626. The zero-order valence-corrected chi connectivity index (χ0v) is 20.9. The van der Waals surface area contributed by atoms with Gasteiger partial charge in [-0.2, -0.15) is 13.2 Å². The molecule has 2 aromatic rings. The molecule has 1 aromatic heterocycles. The number of hydrogen-bond acceptors (Lipinski definition) is 7. The van der Waals surface area contributed by atoms with Crippen LogP contribution >= 0.6 is 11.6 Å². The molecule has 2 bridgehead atoms. The zero-order valence-electron chi connectivity index (χ0n) is 20.1. The Kier molecular flexibility index (Phi) is 6.11. The van der Waals surface area contributed by atoms with Crippen LogP contribution in [0.25, 0.3) is 0 Å². The molecule has 7 rings (SSSR count). The van der Waals surface area contributed by atoms with Crippen LogP contribution in [-0.4, -0.2) is 70.3 Å². The van der Waals surface area contributed by atoms with Crippen LogP contribution in [0, 0.1) is 5.92 Å². The number of alkyl halides is 3. The summed E-state index contributed by atoms with van der Waals surface area (Å²) < 4.78 is 48.9. The molecule has 0 radical (unpaired) electrons. The Morgan fingerprint density at radius 2 is 2.00 bits per heavy atom.